The second-order valence-corrected chi connectivity index (χ2v) is 6.64. The zero-order chi connectivity index (χ0) is 20.3. The van der Waals surface area contributed by atoms with E-state index >= 15 is 0 Å². The number of piperazine rings is 1. The van der Waals surface area contributed by atoms with Gasteiger partial charge in [0.25, 0.3) is 5.72 Å². The van der Waals surface area contributed by atoms with Gasteiger partial charge < -0.3 is 14.7 Å². The number of rotatable bonds is 6. The molecule has 1 saturated heterocycles. The Morgan fingerprint density at radius 3 is 2.29 bits per heavy atom. The summed E-state index contributed by atoms with van der Waals surface area (Å²) in [4.78, 5) is 43.2. The molecule has 1 aliphatic rings. The number of aromatic nitrogens is 1. The Kier molecular flexibility index (Phi) is 5.30. The Morgan fingerprint density at radius 2 is 1.75 bits per heavy atom. The number of amides is 1. The summed E-state index contributed by atoms with van der Waals surface area (Å²) >= 11 is 0. The smallest absolute Gasteiger partial charge is 0.369 e. The third-order valence-electron chi connectivity index (χ3n) is 4.74. The zero-order valence-electron chi connectivity index (χ0n) is 15.7. The monoisotopic (exact) mass is 383 g/mol. The molecule has 0 aliphatic carbocycles. The van der Waals surface area contributed by atoms with Crippen molar-refractivity contribution in [3.63, 3.8) is 0 Å². The maximum atomic E-state index is 12.7. The van der Waals surface area contributed by atoms with Crippen molar-refractivity contribution in [3.8, 4) is 5.75 Å². The summed E-state index contributed by atoms with van der Waals surface area (Å²) < 4.78 is 5.71. The molecule has 8 heteroatoms. The zero-order valence-corrected chi connectivity index (χ0v) is 15.7. The highest BCUT2D eigenvalue weighted by Gasteiger charge is 2.46. The van der Waals surface area contributed by atoms with Crippen molar-refractivity contribution in [1.82, 2.24) is 9.88 Å². The molecule has 1 unspecified atom stereocenters. The number of nitrogens with zero attached hydrogens (tertiary/aromatic N) is 3. The third kappa shape index (κ3) is 3.80. The molecule has 2 aromatic rings. The predicted octanol–water partition coefficient (Wildman–Crippen LogP) is 1.81. The first-order chi connectivity index (χ1) is 13.3. The van der Waals surface area contributed by atoms with Crippen LogP contribution in [0.25, 0.3) is 0 Å². The number of Topliss-reactive ketones (excluding diaryl/α,β-unsaturated/α-hetero) is 1. The summed E-state index contributed by atoms with van der Waals surface area (Å²) in [6.07, 6.45) is 3.28. The van der Waals surface area contributed by atoms with Gasteiger partial charge in [0, 0.05) is 43.7 Å². The average molecular weight is 383 g/mol. The van der Waals surface area contributed by atoms with E-state index in [1.807, 2.05) is 4.90 Å². The molecular weight excluding hydrogens is 362 g/mol. The Bertz CT molecular complexity index is 884. The van der Waals surface area contributed by atoms with Gasteiger partial charge in [-0.05, 0) is 43.3 Å². The highest BCUT2D eigenvalue weighted by molar-refractivity contribution is 5.94. The van der Waals surface area contributed by atoms with Crippen LogP contribution >= 0.6 is 0 Å². The lowest BCUT2D eigenvalue weighted by Crippen LogP contribution is -2.64. The van der Waals surface area contributed by atoms with Crippen LogP contribution in [-0.2, 0) is 9.59 Å². The Hall–Kier alpha value is -3.42. The summed E-state index contributed by atoms with van der Waals surface area (Å²) in [7, 11) is 0. The van der Waals surface area contributed by atoms with Crippen LogP contribution in [0.15, 0.2) is 48.8 Å². The molecule has 2 heterocycles. The second-order valence-electron chi connectivity index (χ2n) is 6.64. The number of benzene rings is 1. The number of hydrogen-bond acceptors (Lipinski definition) is 6. The Balaban J connectivity index is 1.78. The highest BCUT2D eigenvalue weighted by atomic mass is 16.5. The number of pyridine rings is 1. The first-order valence-corrected chi connectivity index (χ1v) is 8.80. The molecule has 1 N–H and O–H groups in total. The van der Waals surface area contributed by atoms with Gasteiger partial charge in [-0.1, -0.05) is 0 Å². The minimum atomic E-state index is -1.86. The molecule has 0 spiro atoms. The maximum Gasteiger partial charge on any atom is 0.369 e. The van der Waals surface area contributed by atoms with E-state index in [1.54, 1.807) is 36.7 Å². The number of anilines is 1. The van der Waals surface area contributed by atoms with E-state index in [-0.39, 0.29) is 30.5 Å². The van der Waals surface area contributed by atoms with Crippen LogP contribution in [0, 0.1) is 0 Å². The molecule has 8 nitrogen and oxygen atoms in total. The Morgan fingerprint density at radius 1 is 1.11 bits per heavy atom. The van der Waals surface area contributed by atoms with Crippen LogP contribution in [0.2, 0.25) is 0 Å². The fourth-order valence-corrected chi connectivity index (χ4v) is 3.10. The van der Waals surface area contributed by atoms with E-state index in [0.29, 0.717) is 12.1 Å². The number of aliphatic carboxylic acids is 1. The molecule has 0 saturated carbocycles. The van der Waals surface area contributed by atoms with Crippen LogP contribution in [0.4, 0.5) is 5.69 Å². The molecular formula is C20H21N3O5. The summed E-state index contributed by atoms with van der Waals surface area (Å²) in [5.74, 6) is -1.46. The van der Waals surface area contributed by atoms with E-state index in [0.717, 1.165) is 5.69 Å². The molecule has 1 amide bonds. The number of hydrogen-bond donors (Lipinski definition) is 1. The van der Waals surface area contributed by atoms with Gasteiger partial charge in [-0.2, -0.15) is 0 Å². The first-order valence-electron chi connectivity index (χ1n) is 8.80. The number of carboxylic acid groups (broad SMARTS) is 1. The topological polar surface area (TPSA) is 100 Å². The third-order valence-corrected chi connectivity index (χ3v) is 4.74. The number of ketones is 1. The van der Waals surface area contributed by atoms with Crippen molar-refractivity contribution in [1.29, 1.82) is 0 Å². The molecule has 0 radical (unpaired) electrons. The van der Waals surface area contributed by atoms with Crippen LogP contribution in [0.1, 0.15) is 24.2 Å². The SMILES string of the molecule is CC(=O)c1ccc(OC(C)(C(=O)O)N2CCN(c3ccncc3)CC2=O)cc1. The normalized spacial score (nSPS) is 16.4. The number of carbonyl (C=O) groups excluding carboxylic acids is 2. The van der Waals surface area contributed by atoms with Crippen molar-refractivity contribution < 1.29 is 24.2 Å². The van der Waals surface area contributed by atoms with E-state index in [2.05, 4.69) is 4.98 Å². The van der Waals surface area contributed by atoms with Crippen LogP contribution < -0.4 is 9.64 Å². The molecule has 1 aliphatic heterocycles. The molecule has 1 aromatic heterocycles. The fourth-order valence-electron chi connectivity index (χ4n) is 3.10. The minimum absolute atomic E-state index is 0.0412. The molecule has 3 rings (SSSR count). The molecule has 1 aromatic carbocycles. The quantitative estimate of drug-likeness (QED) is 0.760. The number of ether oxygens (including phenoxy) is 1. The van der Waals surface area contributed by atoms with Gasteiger partial charge in [0.15, 0.2) is 5.78 Å². The number of carbonyl (C=O) groups is 3. The van der Waals surface area contributed by atoms with E-state index in [1.165, 1.54) is 30.9 Å². The summed E-state index contributed by atoms with van der Waals surface area (Å²) in [5.41, 5.74) is -0.522. The van der Waals surface area contributed by atoms with Gasteiger partial charge in [0.2, 0.25) is 5.91 Å². The van der Waals surface area contributed by atoms with Gasteiger partial charge in [0.1, 0.15) is 5.75 Å². The van der Waals surface area contributed by atoms with Crippen molar-refractivity contribution in [2.45, 2.75) is 19.6 Å². The predicted molar refractivity (Wildman–Crippen MR) is 101 cm³/mol. The van der Waals surface area contributed by atoms with Crippen LogP contribution in [-0.4, -0.2) is 58.0 Å². The van der Waals surface area contributed by atoms with Crippen molar-refractivity contribution in [2.24, 2.45) is 0 Å². The lowest BCUT2D eigenvalue weighted by Gasteiger charge is -2.43. The van der Waals surface area contributed by atoms with Gasteiger partial charge in [-0.15, -0.1) is 0 Å². The Labute approximate surface area is 162 Å². The number of carboxylic acids is 1. The second kappa shape index (κ2) is 7.67. The summed E-state index contributed by atoms with van der Waals surface area (Å²) in [5, 5.41) is 9.79. The van der Waals surface area contributed by atoms with Gasteiger partial charge in [-0.3, -0.25) is 19.5 Å². The minimum Gasteiger partial charge on any atom is -0.477 e. The standard InChI is InChI=1S/C20H21N3O5/c1-14(24)15-3-5-17(6-4-15)28-20(2,19(26)27)23-12-11-22(13-18(23)25)16-7-9-21-10-8-16/h3-10H,11-13H2,1-2H3,(H,26,27). The van der Waals surface area contributed by atoms with Crippen molar-refractivity contribution in [3.05, 3.63) is 54.4 Å². The van der Waals surface area contributed by atoms with Gasteiger partial charge >= 0.3 is 5.97 Å². The highest BCUT2D eigenvalue weighted by Crippen LogP contribution is 2.26. The summed E-state index contributed by atoms with van der Waals surface area (Å²) in [6, 6.07) is 9.76. The lowest BCUT2D eigenvalue weighted by molar-refractivity contribution is -0.180. The van der Waals surface area contributed by atoms with Gasteiger partial charge in [0.05, 0.1) is 6.54 Å². The molecule has 1 atom stereocenters. The van der Waals surface area contributed by atoms with E-state index in [4.69, 9.17) is 4.74 Å². The van der Waals surface area contributed by atoms with Crippen LogP contribution in [0.5, 0.6) is 5.75 Å². The van der Waals surface area contributed by atoms with Crippen molar-refractivity contribution in [2.75, 3.05) is 24.5 Å². The van der Waals surface area contributed by atoms with E-state index < -0.39 is 11.7 Å². The maximum absolute atomic E-state index is 12.7. The fraction of sp³-hybridized carbons (Fsp3) is 0.300. The van der Waals surface area contributed by atoms with Crippen LogP contribution in [0.3, 0.4) is 0 Å². The van der Waals surface area contributed by atoms with E-state index in [9.17, 15) is 19.5 Å². The largest absolute Gasteiger partial charge is 0.477 e. The van der Waals surface area contributed by atoms with Gasteiger partial charge in [-0.25, -0.2) is 4.79 Å². The molecule has 1 fully saturated rings. The molecule has 146 valence electrons. The lowest BCUT2D eigenvalue weighted by atomic mass is 10.1. The molecule has 0 bridgehead atoms. The average Bonchev–Trinajstić information content (AvgIpc) is 2.68. The molecule has 28 heavy (non-hydrogen) atoms. The van der Waals surface area contributed by atoms with Crippen molar-refractivity contribution >= 4 is 23.3 Å². The first kappa shape index (κ1) is 19.3. The summed E-state index contributed by atoms with van der Waals surface area (Å²) in [6.45, 7) is 3.49.